The second-order valence-electron chi connectivity index (χ2n) is 6.20. The number of Topliss-reactive ketones (excluding diaryl/α,β-unsaturated/α-hetero) is 1. The third kappa shape index (κ3) is 2.58. The van der Waals surface area contributed by atoms with Crippen LogP contribution in [0.4, 0.5) is 5.69 Å². The summed E-state index contributed by atoms with van der Waals surface area (Å²) in [4.78, 5) is 14.4. The van der Waals surface area contributed by atoms with Crippen molar-refractivity contribution in [3.8, 4) is 0 Å². The number of nitrogens with zero attached hydrogens (tertiary/aromatic N) is 1. The first-order valence-corrected chi connectivity index (χ1v) is 6.72. The highest BCUT2D eigenvalue weighted by atomic mass is 16.1. The van der Waals surface area contributed by atoms with E-state index in [1.54, 1.807) is 0 Å². The molecule has 1 aromatic rings. The summed E-state index contributed by atoms with van der Waals surface area (Å²) >= 11 is 0. The van der Waals surface area contributed by atoms with Crippen molar-refractivity contribution >= 4 is 11.5 Å². The van der Waals surface area contributed by atoms with Crippen molar-refractivity contribution in [2.45, 2.75) is 33.6 Å². The molecule has 1 unspecified atom stereocenters. The fourth-order valence-corrected chi connectivity index (χ4v) is 2.82. The third-order valence-electron chi connectivity index (χ3n) is 4.09. The van der Waals surface area contributed by atoms with Crippen molar-refractivity contribution in [3.63, 3.8) is 0 Å². The van der Waals surface area contributed by atoms with Crippen LogP contribution in [-0.4, -0.2) is 19.4 Å². The maximum atomic E-state index is 12.2. The predicted octanol–water partition coefficient (Wildman–Crippen LogP) is 3.44. The molecule has 1 saturated carbocycles. The van der Waals surface area contributed by atoms with E-state index in [1.165, 1.54) is 11.3 Å². The Labute approximate surface area is 110 Å². The zero-order valence-corrected chi connectivity index (χ0v) is 11.9. The Morgan fingerprint density at radius 1 is 1.39 bits per heavy atom. The van der Waals surface area contributed by atoms with E-state index in [0.29, 0.717) is 5.78 Å². The number of anilines is 1. The molecule has 1 atom stereocenters. The minimum absolute atomic E-state index is 0.113. The van der Waals surface area contributed by atoms with Crippen molar-refractivity contribution < 1.29 is 4.79 Å². The van der Waals surface area contributed by atoms with E-state index >= 15 is 0 Å². The van der Waals surface area contributed by atoms with Gasteiger partial charge in [-0.1, -0.05) is 26.0 Å². The normalized spacial score (nSPS) is 22.2. The van der Waals surface area contributed by atoms with E-state index in [2.05, 4.69) is 57.0 Å². The molecule has 1 aliphatic rings. The lowest BCUT2D eigenvalue weighted by Crippen LogP contribution is -2.31. The standard InChI is InChI=1S/C16H23NO/c1-12-6-5-7-14(10-12)17(4)11-13-8-9-16(2,3)15(13)18/h5-7,10,13H,8-9,11H2,1-4H3. The molecule has 1 aliphatic carbocycles. The van der Waals surface area contributed by atoms with E-state index < -0.39 is 0 Å². The first-order valence-electron chi connectivity index (χ1n) is 6.72. The number of carbonyl (C=O) groups excluding carboxylic acids is 1. The molecule has 0 radical (unpaired) electrons. The minimum atomic E-state index is -0.113. The number of ketones is 1. The summed E-state index contributed by atoms with van der Waals surface area (Å²) in [7, 11) is 2.08. The smallest absolute Gasteiger partial charge is 0.143 e. The van der Waals surface area contributed by atoms with Gasteiger partial charge in [-0.3, -0.25) is 4.79 Å². The summed E-state index contributed by atoms with van der Waals surface area (Å²) in [5.74, 6) is 0.632. The van der Waals surface area contributed by atoms with Gasteiger partial charge in [0, 0.05) is 30.6 Å². The quantitative estimate of drug-likeness (QED) is 0.813. The topological polar surface area (TPSA) is 20.3 Å². The molecule has 98 valence electrons. The molecule has 1 aromatic carbocycles. The molecule has 18 heavy (non-hydrogen) atoms. The second-order valence-corrected chi connectivity index (χ2v) is 6.20. The molecular formula is C16H23NO. The number of aryl methyl sites for hydroxylation is 1. The highest BCUT2D eigenvalue weighted by Crippen LogP contribution is 2.38. The summed E-state index contributed by atoms with van der Waals surface area (Å²) in [6, 6.07) is 8.45. The molecule has 2 heteroatoms. The van der Waals surface area contributed by atoms with Crippen LogP contribution in [0.15, 0.2) is 24.3 Å². The summed E-state index contributed by atoms with van der Waals surface area (Å²) in [5, 5.41) is 0. The zero-order chi connectivity index (χ0) is 13.3. The van der Waals surface area contributed by atoms with Crippen LogP contribution in [0, 0.1) is 18.3 Å². The molecule has 0 heterocycles. The van der Waals surface area contributed by atoms with E-state index in [1.807, 2.05) is 0 Å². The molecule has 1 fully saturated rings. The number of carbonyl (C=O) groups is 1. The highest BCUT2D eigenvalue weighted by molar-refractivity contribution is 5.88. The van der Waals surface area contributed by atoms with Crippen molar-refractivity contribution in [1.82, 2.24) is 0 Å². The van der Waals surface area contributed by atoms with Gasteiger partial charge in [-0.05, 0) is 37.5 Å². The Bertz CT molecular complexity index is 450. The number of hydrogen-bond acceptors (Lipinski definition) is 2. The van der Waals surface area contributed by atoms with Gasteiger partial charge >= 0.3 is 0 Å². The number of hydrogen-bond donors (Lipinski definition) is 0. The Balaban J connectivity index is 2.05. The lowest BCUT2D eigenvalue weighted by Gasteiger charge is -2.24. The Morgan fingerprint density at radius 3 is 2.67 bits per heavy atom. The maximum absolute atomic E-state index is 12.2. The number of benzene rings is 1. The Hall–Kier alpha value is -1.31. The zero-order valence-electron chi connectivity index (χ0n) is 11.9. The first kappa shape index (κ1) is 13.1. The van der Waals surface area contributed by atoms with Gasteiger partial charge in [0.05, 0.1) is 0 Å². The predicted molar refractivity (Wildman–Crippen MR) is 76.0 cm³/mol. The summed E-state index contributed by atoms with van der Waals surface area (Å²) in [5.41, 5.74) is 2.35. The van der Waals surface area contributed by atoms with Crippen molar-refractivity contribution in [1.29, 1.82) is 0 Å². The van der Waals surface area contributed by atoms with Crippen LogP contribution < -0.4 is 4.90 Å². The van der Waals surface area contributed by atoms with Crippen LogP contribution >= 0.6 is 0 Å². The Kier molecular flexibility index (Phi) is 3.47. The lowest BCUT2D eigenvalue weighted by molar-refractivity contribution is -0.127. The van der Waals surface area contributed by atoms with E-state index in [-0.39, 0.29) is 11.3 Å². The Morgan fingerprint density at radius 2 is 2.11 bits per heavy atom. The van der Waals surface area contributed by atoms with Crippen LogP contribution in [0.1, 0.15) is 32.3 Å². The summed E-state index contributed by atoms with van der Waals surface area (Å²) in [6.45, 7) is 7.08. The molecule has 0 amide bonds. The van der Waals surface area contributed by atoms with Gasteiger partial charge in [0.1, 0.15) is 5.78 Å². The molecule has 0 bridgehead atoms. The van der Waals surface area contributed by atoms with Gasteiger partial charge in [-0.15, -0.1) is 0 Å². The minimum Gasteiger partial charge on any atom is -0.374 e. The molecule has 0 spiro atoms. The molecule has 0 N–H and O–H groups in total. The van der Waals surface area contributed by atoms with Crippen LogP contribution in [0.25, 0.3) is 0 Å². The molecular weight excluding hydrogens is 222 g/mol. The SMILES string of the molecule is Cc1cccc(N(C)CC2CCC(C)(C)C2=O)c1. The van der Waals surface area contributed by atoms with Crippen molar-refractivity contribution in [2.75, 3.05) is 18.5 Å². The molecule has 0 aromatic heterocycles. The molecule has 0 saturated heterocycles. The highest BCUT2D eigenvalue weighted by Gasteiger charge is 2.40. The monoisotopic (exact) mass is 245 g/mol. The largest absolute Gasteiger partial charge is 0.374 e. The van der Waals surface area contributed by atoms with E-state index in [4.69, 9.17) is 0 Å². The maximum Gasteiger partial charge on any atom is 0.143 e. The van der Waals surface area contributed by atoms with Gasteiger partial charge in [0.2, 0.25) is 0 Å². The van der Waals surface area contributed by atoms with Gasteiger partial charge in [-0.2, -0.15) is 0 Å². The van der Waals surface area contributed by atoms with Gasteiger partial charge in [0.25, 0.3) is 0 Å². The fourth-order valence-electron chi connectivity index (χ4n) is 2.82. The summed E-state index contributed by atoms with van der Waals surface area (Å²) < 4.78 is 0. The van der Waals surface area contributed by atoms with Crippen LogP contribution in [-0.2, 0) is 4.79 Å². The van der Waals surface area contributed by atoms with Gasteiger partial charge in [-0.25, -0.2) is 0 Å². The first-order chi connectivity index (χ1) is 8.40. The average molecular weight is 245 g/mol. The second kappa shape index (κ2) is 4.75. The number of rotatable bonds is 3. The third-order valence-corrected chi connectivity index (χ3v) is 4.09. The van der Waals surface area contributed by atoms with Gasteiger partial charge in [0.15, 0.2) is 0 Å². The average Bonchev–Trinajstić information content (AvgIpc) is 2.56. The molecule has 2 nitrogen and oxygen atoms in total. The van der Waals surface area contributed by atoms with Crippen LogP contribution in [0.3, 0.4) is 0 Å². The van der Waals surface area contributed by atoms with Gasteiger partial charge < -0.3 is 4.90 Å². The van der Waals surface area contributed by atoms with Crippen LogP contribution in [0.2, 0.25) is 0 Å². The molecule has 2 rings (SSSR count). The van der Waals surface area contributed by atoms with E-state index in [0.717, 1.165) is 19.4 Å². The lowest BCUT2D eigenvalue weighted by atomic mass is 9.89. The van der Waals surface area contributed by atoms with Crippen molar-refractivity contribution in [2.24, 2.45) is 11.3 Å². The van der Waals surface area contributed by atoms with Crippen molar-refractivity contribution in [3.05, 3.63) is 29.8 Å². The fraction of sp³-hybridized carbons (Fsp3) is 0.562. The van der Waals surface area contributed by atoms with E-state index in [9.17, 15) is 4.79 Å². The van der Waals surface area contributed by atoms with Crippen LogP contribution in [0.5, 0.6) is 0 Å². The molecule has 0 aliphatic heterocycles. The summed E-state index contributed by atoms with van der Waals surface area (Å²) in [6.07, 6.45) is 2.06.